The molecule has 1 aliphatic rings. The standard InChI is InChI=1S/C15H16ClN3O3/c16-11-3-1-10(2-4-11)8-18-15(22)13-7-12(20)9-19(13)14(21)5-6-17/h1-4,12-13,20H,5,7-9H2,(H,18,22)/t12-,13+/m1/s1. The molecule has 0 bridgehead atoms. The topological polar surface area (TPSA) is 93.4 Å². The van der Waals surface area contributed by atoms with Gasteiger partial charge in [0.2, 0.25) is 11.8 Å². The molecule has 0 unspecified atom stereocenters. The molecular formula is C15H16ClN3O3. The lowest BCUT2D eigenvalue weighted by Crippen LogP contribution is -2.45. The first-order valence-corrected chi connectivity index (χ1v) is 7.25. The Morgan fingerprint density at radius 2 is 2.09 bits per heavy atom. The lowest BCUT2D eigenvalue weighted by Gasteiger charge is -2.22. The number of amides is 2. The molecule has 2 atom stereocenters. The number of benzene rings is 1. The number of carbonyl (C=O) groups excluding carboxylic acids is 2. The molecule has 0 aromatic heterocycles. The molecule has 1 aliphatic heterocycles. The number of nitrogens with one attached hydrogen (secondary N) is 1. The average molecular weight is 322 g/mol. The van der Waals surface area contributed by atoms with Crippen molar-refractivity contribution in [3.05, 3.63) is 34.9 Å². The fourth-order valence-corrected chi connectivity index (χ4v) is 2.54. The number of likely N-dealkylation sites (tertiary alicyclic amines) is 1. The molecule has 0 radical (unpaired) electrons. The van der Waals surface area contributed by atoms with Crippen molar-refractivity contribution in [2.75, 3.05) is 6.54 Å². The number of β-amino-alcohol motifs (C(OH)–C–C–N with tert-alkyl or cyclic N) is 1. The van der Waals surface area contributed by atoms with Crippen LogP contribution in [0.2, 0.25) is 5.02 Å². The zero-order chi connectivity index (χ0) is 16.1. The lowest BCUT2D eigenvalue weighted by molar-refractivity contribution is -0.137. The van der Waals surface area contributed by atoms with Gasteiger partial charge in [-0.2, -0.15) is 5.26 Å². The molecule has 1 saturated heterocycles. The maximum absolute atomic E-state index is 12.2. The highest BCUT2D eigenvalue weighted by atomic mass is 35.5. The first-order valence-electron chi connectivity index (χ1n) is 6.88. The number of nitrogens with zero attached hydrogens (tertiary/aromatic N) is 2. The van der Waals surface area contributed by atoms with E-state index in [1.807, 2.05) is 0 Å². The summed E-state index contributed by atoms with van der Waals surface area (Å²) in [6.45, 7) is 0.391. The van der Waals surface area contributed by atoms with E-state index in [2.05, 4.69) is 5.32 Å². The minimum atomic E-state index is -0.742. The van der Waals surface area contributed by atoms with Gasteiger partial charge in [0.25, 0.3) is 0 Å². The Balaban J connectivity index is 1.96. The Kier molecular flexibility index (Phi) is 5.36. The highest BCUT2D eigenvalue weighted by Gasteiger charge is 2.38. The summed E-state index contributed by atoms with van der Waals surface area (Å²) < 4.78 is 0. The van der Waals surface area contributed by atoms with E-state index in [0.29, 0.717) is 11.6 Å². The minimum Gasteiger partial charge on any atom is -0.391 e. The van der Waals surface area contributed by atoms with Crippen molar-refractivity contribution in [3.63, 3.8) is 0 Å². The molecule has 2 rings (SSSR count). The van der Waals surface area contributed by atoms with Crippen molar-refractivity contribution in [2.24, 2.45) is 0 Å². The van der Waals surface area contributed by atoms with Crippen molar-refractivity contribution < 1.29 is 14.7 Å². The third-order valence-corrected chi connectivity index (χ3v) is 3.76. The Morgan fingerprint density at radius 3 is 2.73 bits per heavy atom. The number of nitriles is 1. The van der Waals surface area contributed by atoms with Crippen LogP contribution in [0.1, 0.15) is 18.4 Å². The summed E-state index contributed by atoms with van der Waals surface area (Å²) in [4.78, 5) is 25.3. The van der Waals surface area contributed by atoms with Gasteiger partial charge < -0.3 is 15.3 Å². The van der Waals surface area contributed by atoms with Gasteiger partial charge in [-0.05, 0) is 17.7 Å². The summed E-state index contributed by atoms with van der Waals surface area (Å²) >= 11 is 5.79. The van der Waals surface area contributed by atoms with Crippen molar-refractivity contribution >= 4 is 23.4 Å². The van der Waals surface area contributed by atoms with Crippen LogP contribution < -0.4 is 5.32 Å². The van der Waals surface area contributed by atoms with Gasteiger partial charge in [0.1, 0.15) is 12.5 Å². The van der Waals surface area contributed by atoms with E-state index < -0.39 is 18.1 Å². The first-order chi connectivity index (χ1) is 10.5. The largest absolute Gasteiger partial charge is 0.391 e. The molecule has 0 saturated carbocycles. The maximum Gasteiger partial charge on any atom is 0.243 e. The molecule has 1 heterocycles. The molecule has 22 heavy (non-hydrogen) atoms. The van der Waals surface area contributed by atoms with E-state index in [4.69, 9.17) is 16.9 Å². The van der Waals surface area contributed by atoms with Crippen LogP contribution in [0.15, 0.2) is 24.3 Å². The van der Waals surface area contributed by atoms with Gasteiger partial charge in [-0.1, -0.05) is 23.7 Å². The van der Waals surface area contributed by atoms with Gasteiger partial charge in [0.05, 0.1) is 12.2 Å². The van der Waals surface area contributed by atoms with Crippen LogP contribution in [0, 0.1) is 11.3 Å². The second kappa shape index (κ2) is 7.25. The van der Waals surface area contributed by atoms with E-state index in [0.717, 1.165) is 5.56 Å². The molecule has 0 aliphatic carbocycles. The molecular weight excluding hydrogens is 306 g/mol. The number of halogens is 1. The smallest absolute Gasteiger partial charge is 0.243 e. The third kappa shape index (κ3) is 3.97. The molecule has 1 aromatic carbocycles. The molecule has 0 spiro atoms. The van der Waals surface area contributed by atoms with Crippen LogP contribution in [0.5, 0.6) is 0 Å². The van der Waals surface area contributed by atoms with Crippen molar-refractivity contribution in [1.29, 1.82) is 5.26 Å². The van der Waals surface area contributed by atoms with Gasteiger partial charge in [-0.25, -0.2) is 0 Å². The number of hydrogen-bond acceptors (Lipinski definition) is 4. The van der Waals surface area contributed by atoms with Crippen LogP contribution in [0.25, 0.3) is 0 Å². The Hall–Kier alpha value is -2.10. The quantitative estimate of drug-likeness (QED) is 0.859. The molecule has 116 valence electrons. The number of rotatable bonds is 4. The van der Waals surface area contributed by atoms with E-state index in [9.17, 15) is 14.7 Å². The normalized spacial score (nSPS) is 20.5. The number of hydrogen-bond donors (Lipinski definition) is 2. The van der Waals surface area contributed by atoms with Crippen LogP contribution in [0.4, 0.5) is 0 Å². The zero-order valence-electron chi connectivity index (χ0n) is 11.8. The first kappa shape index (κ1) is 16.3. The van der Waals surface area contributed by atoms with Gasteiger partial charge >= 0.3 is 0 Å². The summed E-state index contributed by atoms with van der Waals surface area (Å²) in [5.74, 6) is -0.775. The SMILES string of the molecule is N#CCC(=O)N1C[C@H](O)C[C@H]1C(=O)NCc1ccc(Cl)cc1. The predicted molar refractivity (Wildman–Crippen MR) is 79.7 cm³/mol. The second-order valence-electron chi connectivity index (χ2n) is 5.13. The number of aliphatic hydroxyl groups is 1. The molecule has 1 aromatic rings. The van der Waals surface area contributed by atoms with E-state index in [-0.39, 0.29) is 25.3 Å². The van der Waals surface area contributed by atoms with Crippen LogP contribution in [-0.2, 0) is 16.1 Å². The maximum atomic E-state index is 12.2. The summed E-state index contributed by atoms with van der Waals surface area (Å²) in [6, 6.07) is 8.08. The summed E-state index contributed by atoms with van der Waals surface area (Å²) in [5.41, 5.74) is 0.881. The minimum absolute atomic E-state index is 0.0829. The average Bonchev–Trinajstić information content (AvgIpc) is 2.89. The van der Waals surface area contributed by atoms with Crippen LogP contribution >= 0.6 is 11.6 Å². The molecule has 2 amide bonds. The zero-order valence-corrected chi connectivity index (χ0v) is 12.6. The fraction of sp³-hybridized carbons (Fsp3) is 0.400. The van der Waals surface area contributed by atoms with Gasteiger partial charge in [-0.3, -0.25) is 9.59 Å². The van der Waals surface area contributed by atoms with Crippen molar-refractivity contribution in [1.82, 2.24) is 10.2 Å². The monoisotopic (exact) mass is 321 g/mol. The summed E-state index contributed by atoms with van der Waals surface area (Å²) in [7, 11) is 0. The van der Waals surface area contributed by atoms with E-state index in [1.54, 1.807) is 30.3 Å². The second-order valence-corrected chi connectivity index (χ2v) is 5.57. The van der Waals surface area contributed by atoms with Gasteiger partial charge in [-0.15, -0.1) is 0 Å². The van der Waals surface area contributed by atoms with Crippen LogP contribution in [0.3, 0.4) is 0 Å². The highest BCUT2D eigenvalue weighted by molar-refractivity contribution is 6.30. The molecule has 2 N–H and O–H groups in total. The van der Waals surface area contributed by atoms with Crippen molar-refractivity contribution in [2.45, 2.75) is 31.5 Å². The van der Waals surface area contributed by atoms with Gasteiger partial charge in [0.15, 0.2) is 0 Å². The Labute approximate surface area is 133 Å². The Morgan fingerprint density at radius 1 is 1.41 bits per heavy atom. The lowest BCUT2D eigenvalue weighted by atomic mass is 10.1. The number of aliphatic hydroxyl groups excluding tert-OH is 1. The highest BCUT2D eigenvalue weighted by Crippen LogP contribution is 2.19. The Bertz CT molecular complexity index is 597. The van der Waals surface area contributed by atoms with Crippen LogP contribution in [-0.4, -0.2) is 40.5 Å². The van der Waals surface area contributed by atoms with Crippen molar-refractivity contribution in [3.8, 4) is 6.07 Å². The fourth-order valence-electron chi connectivity index (χ4n) is 2.42. The predicted octanol–water partition coefficient (Wildman–Crippen LogP) is 0.832. The molecule has 7 heteroatoms. The number of carbonyl (C=O) groups is 2. The summed E-state index contributed by atoms with van der Waals surface area (Å²) in [6.07, 6.45) is -0.856. The summed E-state index contributed by atoms with van der Waals surface area (Å²) in [5, 5.41) is 21.6. The van der Waals surface area contributed by atoms with Gasteiger partial charge in [0, 0.05) is 24.5 Å². The van der Waals surface area contributed by atoms with E-state index in [1.165, 1.54) is 4.90 Å². The van der Waals surface area contributed by atoms with E-state index >= 15 is 0 Å². The molecule has 6 nitrogen and oxygen atoms in total. The third-order valence-electron chi connectivity index (χ3n) is 3.51. The molecule has 1 fully saturated rings.